The Bertz CT molecular complexity index is 623. The van der Waals surface area contributed by atoms with Gasteiger partial charge in [-0.3, -0.25) is 4.90 Å². The summed E-state index contributed by atoms with van der Waals surface area (Å²) in [5.74, 6) is 3.58. The molecule has 1 aliphatic heterocycles. The Morgan fingerprint density at radius 3 is 2.43 bits per heavy atom. The summed E-state index contributed by atoms with van der Waals surface area (Å²) in [5.41, 5.74) is 8.88. The highest BCUT2D eigenvalue weighted by atomic mass is 16.3. The van der Waals surface area contributed by atoms with Crippen molar-refractivity contribution in [1.29, 1.82) is 0 Å². The number of fused-ring (bicyclic) bond motifs is 1. The van der Waals surface area contributed by atoms with Crippen LogP contribution in [0.15, 0.2) is 40.8 Å². The van der Waals surface area contributed by atoms with Crippen molar-refractivity contribution in [1.82, 2.24) is 4.90 Å². The SMILES string of the molecule is CC1CC1c1ccc(C(CN)N2Cc3ccccc3C2)o1. The van der Waals surface area contributed by atoms with E-state index in [-0.39, 0.29) is 6.04 Å². The third-order valence-corrected chi connectivity index (χ3v) is 4.98. The van der Waals surface area contributed by atoms with Crippen LogP contribution >= 0.6 is 0 Å². The fourth-order valence-electron chi connectivity index (χ4n) is 3.49. The molecule has 2 heterocycles. The molecule has 4 rings (SSSR count). The number of hydrogen-bond donors (Lipinski definition) is 1. The van der Waals surface area contributed by atoms with Crippen LogP contribution < -0.4 is 5.73 Å². The van der Waals surface area contributed by atoms with Crippen molar-refractivity contribution in [2.24, 2.45) is 11.7 Å². The molecule has 0 spiro atoms. The van der Waals surface area contributed by atoms with Gasteiger partial charge in [-0.15, -0.1) is 0 Å². The molecule has 1 aromatic carbocycles. The lowest BCUT2D eigenvalue weighted by Crippen LogP contribution is -2.29. The molecule has 2 aliphatic rings. The van der Waals surface area contributed by atoms with Crippen LogP contribution in [0.1, 0.15) is 48.0 Å². The minimum atomic E-state index is 0.181. The lowest BCUT2D eigenvalue weighted by molar-refractivity contribution is 0.179. The Morgan fingerprint density at radius 2 is 1.86 bits per heavy atom. The van der Waals surface area contributed by atoms with Crippen LogP contribution in [0.5, 0.6) is 0 Å². The van der Waals surface area contributed by atoms with Gasteiger partial charge in [0.25, 0.3) is 0 Å². The predicted molar refractivity (Wildman–Crippen MR) is 82.7 cm³/mol. The summed E-state index contributed by atoms with van der Waals surface area (Å²) >= 11 is 0. The molecule has 1 aromatic heterocycles. The molecule has 2 aromatic rings. The zero-order chi connectivity index (χ0) is 14.4. The molecule has 0 saturated heterocycles. The third kappa shape index (κ3) is 2.30. The molecule has 0 radical (unpaired) electrons. The van der Waals surface area contributed by atoms with E-state index in [1.807, 2.05) is 0 Å². The highest BCUT2D eigenvalue weighted by Gasteiger charge is 2.37. The van der Waals surface area contributed by atoms with Crippen LogP contribution in [0.25, 0.3) is 0 Å². The average Bonchev–Trinajstić information content (AvgIpc) is 2.94. The second-order valence-electron chi connectivity index (χ2n) is 6.48. The molecule has 3 unspecified atom stereocenters. The minimum absolute atomic E-state index is 0.181. The molecule has 21 heavy (non-hydrogen) atoms. The molecule has 3 nitrogen and oxygen atoms in total. The van der Waals surface area contributed by atoms with Gasteiger partial charge in [0.2, 0.25) is 0 Å². The molecule has 2 N–H and O–H groups in total. The smallest absolute Gasteiger partial charge is 0.122 e. The molecule has 1 fully saturated rings. The van der Waals surface area contributed by atoms with E-state index in [9.17, 15) is 0 Å². The summed E-state index contributed by atoms with van der Waals surface area (Å²) < 4.78 is 6.12. The maximum Gasteiger partial charge on any atom is 0.122 e. The standard InChI is InChI=1S/C18H22N2O/c1-12-8-15(12)17-6-7-18(21-17)16(9-19)20-10-13-4-2-3-5-14(13)11-20/h2-7,12,15-16H,8-11,19H2,1H3. The summed E-state index contributed by atoms with van der Waals surface area (Å²) in [6.07, 6.45) is 1.26. The lowest BCUT2D eigenvalue weighted by Gasteiger charge is -2.24. The maximum absolute atomic E-state index is 6.12. The first-order chi connectivity index (χ1) is 10.3. The molecule has 0 amide bonds. The molecule has 110 valence electrons. The Kier molecular flexibility index (Phi) is 3.12. The second kappa shape index (κ2) is 5.00. The van der Waals surface area contributed by atoms with E-state index in [4.69, 9.17) is 10.2 Å². The molecule has 3 atom stereocenters. The van der Waals surface area contributed by atoms with Crippen LogP contribution in [-0.4, -0.2) is 11.4 Å². The molecule has 1 saturated carbocycles. The topological polar surface area (TPSA) is 42.4 Å². The first-order valence-electron chi connectivity index (χ1n) is 7.87. The quantitative estimate of drug-likeness (QED) is 0.934. The Morgan fingerprint density at radius 1 is 1.19 bits per heavy atom. The van der Waals surface area contributed by atoms with Crippen LogP contribution in [0, 0.1) is 5.92 Å². The fourth-order valence-corrected chi connectivity index (χ4v) is 3.49. The predicted octanol–water partition coefficient (Wildman–Crippen LogP) is 3.42. The van der Waals surface area contributed by atoms with Gasteiger partial charge >= 0.3 is 0 Å². The summed E-state index contributed by atoms with van der Waals surface area (Å²) in [6.45, 7) is 4.81. The van der Waals surface area contributed by atoms with E-state index in [0.717, 1.165) is 30.5 Å². The highest BCUT2D eigenvalue weighted by molar-refractivity contribution is 5.31. The monoisotopic (exact) mass is 282 g/mol. The first kappa shape index (κ1) is 13.1. The third-order valence-electron chi connectivity index (χ3n) is 4.98. The lowest BCUT2D eigenvalue weighted by atomic mass is 10.1. The highest BCUT2D eigenvalue weighted by Crippen LogP contribution is 2.48. The second-order valence-corrected chi connectivity index (χ2v) is 6.48. The van der Waals surface area contributed by atoms with Crippen molar-refractivity contribution >= 4 is 0 Å². The van der Waals surface area contributed by atoms with Crippen LogP contribution in [0.4, 0.5) is 0 Å². The van der Waals surface area contributed by atoms with Gasteiger partial charge < -0.3 is 10.2 Å². The van der Waals surface area contributed by atoms with Gasteiger partial charge in [0.1, 0.15) is 11.5 Å². The average molecular weight is 282 g/mol. The van der Waals surface area contributed by atoms with Crippen LogP contribution in [0.2, 0.25) is 0 Å². The van der Waals surface area contributed by atoms with Crippen LogP contribution in [-0.2, 0) is 13.1 Å². The molecule has 3 heteroatoms. The molecule has 0 bridgehead atoms. The summed E-state index contributed by atoms with van der Waals surface area (Å²) in [7, 11) is 0. The fraction of sp³-hybridized carbons (Fsp3) is 0.444. The summed E-state index contributed by atoms with van der Waals surface area (Å²) in [5, 5.41) is 0. The Labute approximate surface area is 125 Å². The Hall–Kier alpha value is -1.58. The molecular formula is C18H22N2O. The van der Waals surface area contributed by atoms with Gasteiger partial charge in [-0.25, -0.2) is 0 Å². The minimum Gasteiger partial charge on any atom is -0.464 e. The summed E-state index contributed by atoms with van der Waals surface area (Å²) in [6, 6.07) is 13.1. The maximum atomic E-state index is 6.12. The number of nitrogens with zero attached hydrogens (tertiary/aromatic N) is 1. The van der Waals surface area contributed by atoms with Crippen LogP contribution in [0.3, 0.4) is 0 Å². The normalized spacial score (nSPS) is 25.8. The number of nitrogens with two attached hydrogens (primary N) is 1. The van der Waals surface area contributed by atoms with Gasteiger partial charge in [0.15, 0.2) is 0 Å². The Balaban J connectivity index is 1.54. The molecule has 1 aliphatic carbocycles. The van der Waals surface area contributed by atoms with E-state index in [1.165, 1.54) is 17.5 Å². The largest absolute Gasteiger partial charge is 0.464 e. The van der Waals surface area contributed by atoms with E-state index in [2.05, 4.69) is 48.2 Å². The number of benzene rings is 1. The number of rotatable bonds is 4. The van der Waals surface area contributed by atoms with Crippen molar-refractivity contribution in [2.75, 3.05) is 6.54 Å². The number of furan rings is 1. The van der Waals surface area contributed by atoms with Gasteiger partial charge in [-0.1, -0.05) is 31.2 Å². The van der Waals surface area contributed by atoms with E-state index >= 15 is 0 Å². The van der Waals surface area contributed by atoms with Gasteiger partial charge in [0, 0.05) is 25.6 Å². The van der Waals surface area contributed by atoms with Crippen molar-refractivity contribution in [3.05, 3.63) is 59.0 Å². The van der Waals surface area contributed by atoms with Crippen molar-refractivity contribution in [2.45, 2.75) is 38.4 Å². The summed E-state index contributed by atoms with van der Waals surface area (Å²) in [4.78, 5) is 2.42. The zero-order valence-corrected chi connectivity index (χ0v) is 12.5. The first-order valence-corrected chi connectivity index (χ1v) is 7.87. The van der Waals surface area contributed by atoms with Crippen molar-refractivity contribution in [3.63, 3.8) is 0 Å². The number of hydrogen-bond acceptors (Lipinski definition) is 3. The van der Waals surface area contributed by atoms with Crippen molar-refractivity contribution in [3.8, 4) is 0 Å². The zero-order valence-electron chi connectivity index (χ0n) is 12.5. The van der Waals surface area contributed by atoms with Gasteiger partial charge in [-0.2, -0.15) is 0 Å². The van der Waals surface area contributed by atoms with Gasteiger partial charge in [-0.05, 0) is 35.6 Å². The van der Waals surface area contributed by atoms with E-state index < -0.39 is 0 Å². The molecular weight excluding hydrogens is 260 g/mol. The van der Waals surface area contributed by atoms with Gasteiger partial charge in [0.05, 0.1) is 6.04 Å². The van der Waals surface area contributed by atoms with Crippen molar-refractivity contribution < 1.29 is 4.42 Å². The van der Waals surface area contributed by atoms with E-state index in [1.54, 1.807) is 0 Å². The van der Waals surface area contributed by atoms with E-state index in [0.29, 0.717) is 12.5 Å².